The van der Waals surface area contributed by atoms with Crippen molar-refractivity contribution in [2.75, 3.05) is 19.9 Å². The van der Waals surface area contributed by atoms with Crippen LogP contribution in [0, 0.1) is 0 Å². The van der Waals surface area contributed by atoms with E-state index in [0.29, 0.717) is 13.0 Å². The number of esters is 2. The van der Waals surface area contributed by atoms with Gasteiger partial charge in [0.15, 0.2) is 6.73 Å². The topological polar surface area (TPSA) is 129 Å². The van der Waals surface area contributed by atoms with Gasteiger partial charge in [-0.1, -0.05) is 67.1 Å². The average Bonchev–Trinajstić information content (AvgIpc) is 2.92. The molecule has 0 atom stereocenters. The summed E-state index contributed by atoms with van der Waals surface area (Å²) in [5.74, 6) is -1.48. The van der Waals surface area contributed by atoms with Crippen LogP contribution >= 0.6 is 0 Å². The lowest BCUT2D eigenvalue weighted by atomic mass is 10.2. The summed E-state index contributed by atoms with van der Waals surface area (Å²) in [4.78, 5) is 46.5. The molecule has 0 unspecified atom stereocenters. The first kappa shape index (κ1) is 28.9. The first-order valence-electron chi connectivity index (χ1n) is 11.9. The summed E-state index contributed by atoms with van der Waals surface area (Å²) in [6.45, 7) is 0.626. The van der Waals surface area contributed by atoms with E-state index in [2.05, 4.69) is 10.6 Å². The molecule has 0 heterocycles. The third kappa shape index (κ3) is 14.6. The summed E-state index contributed by atoms with van der Waals surface area (Å²) in [5, 5.41) is 4.96. The SMILES string of the molecule is O=C(/C=C/C(=O)OCNC(=O)OCc1ccccc1)OCCCCCCNC(=O)OCc1ccccc1. The molecule has 37 heavy (non-hydrogen) atoms. The summed E-state index contributed by atoms with van der Waals surface area (Å²) in [6, 6.07) is 18.5. The number of benzene rings is 2. The maximum atomic E-state index is 11.7. The number of nitrogens with one attached hydrogen (secondary N) is 2. The van der Waals surface area contributed by atoms with Gasteiger partial charge in [0, 0.05) is 18.7 Å². The Kier molecular flexibility index (Phi) is 14.1. The van der Waals surface area contributed by atoms with Gasteiger partial charge < -0.3 is 24.3 Å². The van der Waals surface area contributed by atoms with Crippen LogP contribution in [0.15, 0.2) is 72.8 Å². The largest absolute Gasteiger partial charge is 0.463 e. The van der Waals surface area contributed by atoms with Gasteiger partial charge in [0.1, 0.15) is 13.2 Å². The van der Waals surface area contributed by atoms with Crippen LogP contribution < -0.4 is 10.6 Å². The maximum Gasteiger partial charge on any atom is 0.410 e. The number of amides is 2. The van der Waals surface area contributed by atoms with Gasteiger partial charge in [0.25, 0.3) is 0 Å². The number of alkyl carbamates (subject to hydrolysis) is 2. The van der Waals surface area contributed by atoms with Crippen LogP contribution in [-0.2, 0) is 41.8 Å². The van der Waals surface area contributed by atoms with Gasteiger partial charge in [-0.3, -0.25) is 5.32 Å². The number of carbonyl (C=O) groups is 4. The minimum Gasteiger partial charge on any atom is -0.463 e. The normalized spacial score (nSPS) is 10.4. The molecule has 2 aromatic carbocycles. The number of hydrogen-bond donors (Lipinski definition) is 2. The highest BCUT2D eigenvalue weighted by Gasteiger charge is 2.05. The fourth-order valence-corrected chi connectivity index (χ4v) is 2.89. The maximum absolute atomic E-state index is 11.7. The van der Waals surface area contributed by atoms with Crippen LogP contribution in [0.1, 0.15) is 36.8 Å². The third-order valence-corrected chi connectivity index (χ3v) is 4.80. The molecule has 0 saturated carbocycles. The quantitative estimate of drug-likeness (QED) is 0.120. The molecule has 0 aliphatic heterocycles. The monoisotopic (exact) mass is 512 g/mol. The first-order chi connectivity index (χ1) is 18.0. The molecule has 0 aliphatic carbocycles. The first-order valence-corrected chi connectivity index (χ1v) is 11.9. The summed E-state index contributed by atoms with van der Waals surface area (Å²) in [7, 11) is 0. The summed E-state index contributed by atoms with van der Waals surface area (Å²) >= 11 is 0. The van der Waals surface area contributed by atoms with Gasteiger partial charge in [-0.2, -0.15) is 0 Å². The lowest BCUT2D eigenvalue weighted by Gasteiger charge is -2.07. The number of carbonyl (C=O) groups excluding carboxylic acids is 4. The lowest BCUT2D eigenvalue weighted by Crippen LogP contribution is -2.27. The fourth-order valence-electron chi connectivity index (χ4n) is 2.89. The molecule has 0 aromatic heterocycles. The molecule has 2 rings (SSSR count). The molecule has 0 bridgehead atoms. The zero-order valence-corrected chi connectivity index (χ0v) is 20.6. The molecule has 0 fully saturated rings. The molecular weight excluding hydrogens is 480 g/mol. The van der Waals surface area contributed by atoms with Crippen LogP contribution in [0.4, 0.5) is 9.59 Å². The number of unbranched alkanes of at least 4 members (excludes halogenated alkanes) is 3. The summed E-state index contributed by atoms with van der Waals surface area (Å²) in [5.41, 5.74) is 1.75. The predicted molar refractivity (Wildman–Crippen MR) is 134 cm³/mol. The van der Waals surface area contributed by atoms with Crippen LogP contribution in [0.3, 0.4) is 0 Å². The van der Waals surface area contributed by atoms with E-state index in [4.69, 9.17) is 18.9 Å². The van der Waals surface area contributed by atoms with Gasteiger partial charge in [0.2, 0.25) is 0 Å². The van der Waals surface area contributed by atoms with Crippen LogP contribution in [0.5, 0.6) is 0 Å². The molecule has 2 N–H and O–H groups in total. The van der Waals surface area contributed by atoms with Crippen molar-refractivity contribution in [3.63, 3.8) is 0 Å². The standard InChI is InChI=1S/C27H32N2O8/c30-24(15-16-25(31)37-21-29-27(33)36-20-23-13-7-4-8-14-23)34-18-10-2-1-9-17-28-26(32)35-19-22-11-5-3-6-12-22/h3-8,11-16H,1-2,9-10,17-21H2,(H,28,32)(H,29,33)/b16-15+. The number of hydrogen-bond acceptors (Lipinski definition) is 8. The highest BCUT2D eigenvalue weighted by molar-refractivity contribution is 5.91. The Labute approximate surface area is 215 Å². The van der Waals surface area contributed by atoms with E-state index in [1.165, 1.54) is 0 Å². The fraction of sp³-hybridized carbons (Fsp3) is 0.333. The summed E-state index contributed by atoms with van der Waals surface area (Å²) < 4.78 is 19.9. The number of ether oxygens (including phenoxy) is 4. The summed E-state index contributed by atoms with van der Waals surface area (Å²) in [6.07, 6.45) is 3.76. The van der Waals surface area contributed by atoms with Crippen molar-refractivity contribution in [1.29, 1.82) is 0 Å². The van der Waals surface area contributed by atoms with Crippen molar-refractivity contribution in [3.05, 3.63) is 83.9 Å². The van der Waals surface area contributed by atoms with Crippen molar-refractivity contribution in [3.8, 4) is 0 Å². The minimum atomic E-state index is -0.810. The smallest absolute Gasteiger partial charge is 0.410 e. The zero-order valence-electron chi connectivity index (χ0n) is 20.6. The molecule has 0 spiro atoms. The molecule has 0 saturated heterocycles. The second kappa shape index (κ2) is 18.0. The van der Waals surface area contributed by atoms with E-state index in [0.717, 1.165) is 42.5 Å². The lowest BCUT2D eigenvalue weighted by molar-refractivity contribution is -0.140. The van der Waals surface area contributed by atoms with E-state index < -0.39 is 30.9 Å². The van der Waals surface area contributed by atoms with Gasteiger partial charge in [-0.05, 0) is 30.4 Å². The molecule has 10 nitrogen and oxygen atoms in total. The van der Waals surface area contributed by atoms with E-state index >= 15 is 0 Å². The Morgan fingerprint density at radius 3 is 1.70 bits per heavy atom. The minimum absolute atomic E-state index is 0.0904. The Bertz CT molecular complexity index is 996. The van der Waals surface area contributed by atoms with E-state index in [1.54, 1.807) is 0 Å². The number of rotatable bonds is 15. The average molecular weight is 513 g/mol. The van der Waals surface area contributed by atoms with Crippen molar-refractivity contribution in [2.24, 2.45) is 0 Å². The van der Waals surface area contributed by atoms with Gasteiger partial charge in [-0.15, -0.1) is 0 Å². The molecule has 2 aromatic rings. The van der Waals surface area contributed by atoms with Crippen molar-refractivity contribution < 1.29 is 38.1 Å². The Morgan fingerprint density at radius 1 is 0.595 bits per heavy atom. The second-order valence-corrected chi connectivity index (χ2v) is 7.75. The Morgan fingerprint density at radius 2 is 1.11 bits per heavy atom. The predicted octanol–water partition coefficient (Wildman–Crippen LogP) is 4.00. The molecule has 2 amide bonds. The van der Waals surface area contributed by atoms with Crippen LogP contribution in [0.2, 0.25) is 0 Å². The van der Waals surface area contributed by atoms with Gasteiger partial charge in [0.05, 0.1) is 6.61 Å². The van der Waals surface area contributed by atoms with Crippen molar-refractivity contribution >= 4 is 24.1 Å². The highest BCUT2D eigenvalue weighted by Crippen LogP contribution is 2.03. The highest BCUT2D eigenvalue weighted by atomic mass is 16.6. The van der Waals surface area contributed by atoms with Crippen LogP contribution in [-0.4, -0.2) is 44.0 Å². The van der Waals surface area contributed by atoms with E-state index in [-0.39, 0.29) is 19.8 Å². The molecular formula is C27H32N2O8. The third-order valence-electron chi connectivity index (χ3n) is 4.80. The van der Waals surface area contributed by atoms with Crippen molar-refractivity contribution in [2.45, 2.75) is 38.9 Å². The second-order valence-electron chi connectivity index (χ2n) is 7.75. The van der Waals surface area contributed by atoms with Gasteiger partial charge in [-0.25, -0.2) is 19.2 Å². The Balaban J connectivity index is 1.40. The molecule has 198 valence electrons. The van der Waals surface area contributed by atoms with Crippen molar-refractivity contribution in [1.82, 2.24) is 10.6 Å². The zero-order chi connectivity index (χ0) is 26.6. The van der Waals surface area contributed by atoms with E-state index in [1.807, 2.05) is 60.7 Å². The Hall–Kier alpha value is -4.34. The molecule has 10 heteroatoms. The van der Waals surface area contributed by atoms with Gasteiger partial charge >= 0.3 is 24.1 Å². The van der Waals surface area contributed by atoms with Crippen LogP contribution in [0.25, 0.3) is 0 Å². The molecule has 0 aliphatic rings. The molecule has 0 radical (unpaired) electrons. The van der Waals surface area contributed by atoms with E-state index in [9.17, 15) is 19.2 Å².